The molecule has 0 aromatic carbocycles. The molecule has 1 aromatic heterocycles. The van der Waals surface area contributed by atoms with Gasteiger partial charge in [-0.25, -0.2) is 4.79 Å². The molecule has 1 heterocycles. The molecule has 0 saturated heterocycles. The van der Waals surface area contributed by atoms with E-state index in [1.165, 1.54) is 7.11 Å². The van der Waals surface area contributed by atoms with E-state index in [0.29, 0.717) is 5.75 Å². The summed E-state index contributed by atoms with van der Waals surface area (Å²) in [5, 5.41) is 3.89. The molecule has 72 valence electrons. The summed E-state index contributed by atoms with van der Waals surface area (Å²) in [5.74, 6) is 0.157. The van der Waals surface area contributed by atoms with Crippen LogP contribution >= 0.6 is 0 Å². The Balaban J connectivity index is 2.54. The second kappa shape index (κ2) is 3.93. The Labute approximate surface area is 76.3 Å². The molecule has 1 aromatic rings. The minimum absolute atomic E-state index is 0.399. The van der Waals surface area contributed by atoms with Gasteiger partial charge in [-0.3, -0.25) is 4.68 Å². The SMILES string of the molecule is COC(=O)[C@@H](C)Oc1cnn(C)c1. The smallest absolute Gasteiger partial charge is 0.346 e. The first-order valence-electron chi connectivity index (χ1n) is 3.86. The van der Waals surface area contributed by atoms with E-state index in [4.69, 9.17) is 4.74 Å². The molecular formula is C8H12N2O3. The molecule has 13 heavy (non-hydrogen) atoms. The van der Waals surface area contributed by atoms with Crippen LogP contribution in [0.3, 0.4) is 0 Å². The fourth-order valence-electron chi connectivity index (χ4n) is 0.878. The maximum atomic E-state index is 10.9. The van der Waals surface area contributed by atoms with Crippen molar-refractivity contribution in [3.8, 4) is 5.75 Å². The standard InChI is InChI=1S/C8H12N2O3/c1-6(8(11)12-3)13-7-4-9-10(2)5-7/h4-6H,1-3H3/t6-/m1/s1. The number of carbonyl (C=O) groups excluding carboxylic acids is 1. The highest BCUT2D eigenvalue weighted by molar-refractivity contribution is 5.74. The average molecular weight is 184 g/mol. The van der Waals surface area contributed by atoms with Gasteiger partial charge in [0, 0.05) is 7.05 Å². The summed E-state index contributed by atoms with van der Waals surface area (Å²) in [6, 6.07) is 0. The van der Waals surface area contributed by atoms with Crippen molar-refractivity contribution in [3.63, 3.8) is 0 Å². The van der Waals surface area contributed by atoms with Crippen molar-refractivity contribution in [2.24, 2.45) is 7.05 Å². The van der Waals surface area contributed by atoms with Gasteiger partial charge < -0.3 is 9.47 Å². The van der Waals surface area contributed by atoms with E-state index in [0.717, 1.165) is 0 Å². The molecule has 0 unspecified atom stereocenters. The van der Waals surface area contributed by atoms with Gasteiger partial charge in [-0.1, -0.05) is 0 Å². The van der Waals surface area contributed by atoms with Gasteiger partial charge in [0.15, 0.2) is 11.9 Å². The van der Waals surface area contributed by atoms with Gasteiger partial charge in [0.05, 0.1) is 19.5 Å². The summed E-state index contributed by atoms with van der Waals surface area (Å²) in [6.45, 7) is 1.62. The third-order valence-corrected chi connectivity index (χ3v) is 1.53. The largest absolute Gasteiger partial charge is 0.476 e. The number of ether oxygens (including phenoxy) is 2. The Hall–Kier alpha value is -1.52. The third-order valence-electron chi connectivity index (χ3n) is 1.53. The van der Waals surface area contributed by atoms with E-state index in [2.05, 4.69) is 9.84 Å². The lowest BCUT2D eigenvalue weighted by molar-refractivity contribution is -0.147. The summed E-state index contributed by atoms with van der Waals surface area (Å²) in [5.41, 5.74) is 0. The van der Waals surface area contributed by atoms with Crippen molar-refractivity contribution < 1.29 is 14.3 Å². The predicted octanol–water partition coefficient (Wildman–Crippen LogP) is 0.360. The van der Waals surface area contributed by atoms with Crippen molar-refractivity contribution in [1.82, 2.24) is 9.78 Å². The fraction of sp³-hybridized carbons (Fsp3) is 0.500. The maximum absolute atomic E-state index is 10.9. The van der Waals surface area contributed by atoms with Gasteiger partial charge >= 0.3 is 5.97 Å². The van der Waals surface area contributed by atoms with Crippen LogP contribution in [0.5, 0.6) is 5.75 Å². The molecule has 0 amide bonds. The molecule has 5 heteroatoms. The van der Waals surface area contributed by atoms with Crippen LogP contribution in [-0.4, -0.2) is 29.0 Å². The Bertz CT molecular complexity index is 295. The molecule has 0 N–H and O–H groups in total. The quantitative estimate of drug-likeness (QED) is 0.636. The van der Waals surface area contributed by atoms with E-state index in [1.54, 1.807) is 31.0 Å². The molecule has 5 nitrogen and oxygen atoms in total. The van der Waals surface area contributed by atoms with Crippen LogP contribution in [0.4, 0.5) is 0 Å². The van der Waals surface area contributed by atoms with Crippen LogP contribution in [-0.2, 0) is 16.6 Å². The number of hydrogen-bond acceptors (Lipinski definition) is 4. The molecular weight excluding hydrogens is 172 g/mol. The predicted molar refractivity (Wildman–Crippen MR) is 45.3 cm³/mol. The normalized spacial score (nSPS) is 12.2. The van der Waals surface area contributed by atoms with E-state index >= 15 is 0 Å². The van der Waals surface area contributed by atoms with Crippen molar-refractivity contribution in [3.05, 3.63) is 12.4 Å². The first-order chi connectivity index (χ1) is 6.13. The number of esters is 1. The van der Waals surface area contributed by atoms with Gasteiger partial charge in [-0.05, 0) is 6.92 Å². The molecule has 0 radical (unpaired) electrons. The van der Waals surface area contributed by atoms with Crippen LogP contribution in [0.25, 0.3) is 0 Å². The van der Waals surface area contributed by atoms with Crippen molar-refractivity contribution in [2.75, 3.05) is 7.11 Å². The first kappa shape index (κ1) is 9.57. The van der Waals surface area contributed by atoms with Crippen molar-refractivity contribution in [1.29, 1.82) is 0 Å². The minimum Gasteiger partial charge on any atom is -0.476 e. The van der Waals surface area contributed by atoms with Gasteiger partial charge in [-0.2, -0.15) is 5.10 Å². The number of aromatic nitrogens is 2. The van der Waals surface area contributed by atoms with Crippen LogP contribution in [0.1, 0.15) is 6.92 Å². The lowest BCUT2D eigenvalue weighted by atomic mass is 10.4. The molecule has 1 atom stereocenters. The van der Waals surface area contributed by atoms with Crippen LogP contribution in [0.15, 0.2) is 12.4 Å². The van der Waals surface area contributed by atoms with Gasteiger partial charge in [0.25, 0.3) is 0 Å². The number of methoxy groups -OCH3 is 1. The molecule has 0 aliphatic heterocycles. The summed E-state index contributed by atoms with van der Waals surface area (Å²) in [7, 11) is 3.10. The number of nitrogens with zero attached hydrogens (tertiary/aromatic N) is 2. The number of aryl methyl sites for hydroxylation is 1. The van der Waals surface area contributed by atoms with Crippen LogP contribution in [0, 0.1) is 0 Å². The summed E-state index contributed by atoms with van der Waals surface area (Å²) in [4.78, 5) is 10.9. The van der Waals surface area contributed by atoms with E-state index < -0.39 is 12.1 Å². The topological polar surface area (TPSA) is 53.4 Å². The molecule has 0 fully saturated rings. The lowest BCUT2D eigenvalue weighted by Crippen LogP contribution is -2.24. The highest BCUT2D eigenvalue weighted by Gasteiger charge is 2.14. The van der Waals surface area contributed by atoms with Crippen molar-refractivity contribution in [2.45, 2.75) is 13.0 Å². The summed E-state index contributed by atoms with van der Waals surface area (Å²) in [6.07, 6.45) is 2.62. The lowest BCUT2D eigenvalue weighted by Gasteiger charge is -2.09. The molecule has 0 aliphatic rings. The molecule has 0 aliphatic carbocycles. The van der Waals surface area contributed by atoms with E-state index in [1.807, 2.05) is 0 Å². The Morgan fingerprint density at radius 2 is 2.38 bits per heavy atom. The number of rotatable bonds is 3. The number of hydrogen-bond donors (Lipinski definition) is 0. The van der Waals surface area contributed by atoms with Crippen LogP contribution < -0.4 is 4.74 Å². The molecule has 1 rings (SSSR count). The molecule has 0 saturated carbocycles. The monoisotopic (exact) mass is 184 g/mol. The second-order valence-electron chi connectivity index (χ2n) is 2.63. The Kier molecular flexibility index (Phi) is 2.89. The van der Waals surface area contributed by atoms with Gasteiger partial charge in [0.2, 0.25) is 0 Å². The highest BCUT2D eigenvalue weighted by atomic mass is 16.6. The van der Waals surface area contributed by atoms with Gasteiger partial charge in [-0.15, -0.1) is 0 Å². The van der Waals surface area contributed by atoms with E-state index in [-0.39, 0.29) is 0 Å². The zero-order valence-corrected chi connectivity index (χ0v) is 7.85. The highest BCUT2D eigenvalue weighted by Crippen LogP contribution is 2.09. The number of carbonyl (C=O) groups is 1. The fourth-order valence-corrected chi connectivity index (χ4v) is 0.878. The third kappa shape index (κ3) is 2.47. The van der Waals surface area contributed by atoms with Crippen LogP contribution in [0.2, 0.25) is 0 Å². The first-order valence-corrected chi connectivity index (χ1v) is 3.86. The Morgan fingerprint density at radius 3 is 2.85 bits per heavy atom. The van der Waals surface area contributed by atoms with Gasteiger partial charge in [0.1, 0.15) is 0 Å². The zero-order valence-electron chi connectivity index (χ0n) is 7.85. The Morgan fingerprint density at radius 1 is 1.69 bits per heavy atom. The second-order valence-corrected chi connectivity index (χ2v) is 2.63. The molecule has 0 bridgehead atoms. The van der Waals surface area contributed by atoms with Crippen molar-refractivity contribution >= 4 is 5.97 Å². The summed E-state index contributed by atoms with van der Waals surface area (Å²) < 4.78 is 11.3. The molecule has 0 spiro atoms. The maximum Gasteiger partial charge on any atom is 0.346 e. The minimum atomic E-state index is -0.603. The summed E-state index contributed by atoms with van der Waals surface area (Å²) >= 11 is 0. The zero-order chi connectivity index (χ0) is 9.84. The average Bonchev–Trinajstić information content (AvgIpc) is 2.49. The van der Waals surface area contributed by atoms with E-state index in [9.17, 15) is 4.79 Å².